The molecule has 5 heteroatoms. The van der Waals surface area contributed by atoms with Gasteiger partial charge in [-0.1, -0.05) is 26.2 Å². The smallest absolute Gasteiger partial charge is 0.209 e. The molecule has 4 nitrogen and oxygen atoms in total. The lowest BCUT2D eigenvalue weighted by Crippen LogP contribution is -2.35. The Bertz CT molecular complexity index is 294. The highest BCUT2D eigenvalue weighted by molar-refractivity contribution is 7.89. The van der Waals surface area contributed by atoms with E-state index >= 15 is 0 Å². The molecule has 2 N–H and O–H groups in total. The van der Waals surface area contributed by atoms with E-state index in [1.807, 2.05) is 0 Å². The van der Waals surface area contributed by atoms with E-state index in [0.717, 1.165) is 45.1 Å². The lowest BCUT2D eigenvalue weighted by atomic mass is 9.90. The fourth-order valence-electron chi connectivity index (χ4n) is 2.42. The van der Waals surface area contributed by atoms with Crippen LogP contribution in [0.1, 0.15) is 45.4 Å². The SMILES string of the molecule is CCCCOCC1(CS(N)(=O)=O)CCCC1. The van der Waals surface area contributed by atoms with Crippen LogP contribution in [0.3, 0.4) is 0 Å². The molecule has 1 fully saturated rings. The molecule has 0 saturated heterocycles. The zero-order valence-corrected chi connectivity index (χ0v) is 10.9. The second-order valence-electron chi connectivity index (χ2n) is 4.92. The zero-order valence-electron chi connectivity index (χ0n) is 10.1. The minimum Gasteiger partial charge on any atom is -0.381 e. The monoisotopic (exact) mass is 249 g/mol. The molecule has 1 aliphatic carbocycles. The molecular weight excluding hydrogens is 226 g/mol. The van der Waals surface area contributed by atoms with E-state index in [1.54, 1.807) is 0 Å². The summed E-state index contributed by atoms with van der Waals surface area (Å²) in [5.41, 5.74) is -0.207. The molecule has 0 amide bonds. The second kappa shape index (κ2) is 5.98. The molecule has 0 aromatic rings. The minimum absolute atomic E-state index is 0.0755. The van der Waals surface area contributed by atoms with E-state index in [2.05, 4.69) is 6.92 Å². The van der Waals surface area contributed by atoms with E-state index in [0.29, 0.717) is 6.61 Å². The van der Waals surface area contributed by atoms with Crippen molar-refractivity contribution >= 4 is 10.0 Å². The standard InChI is InChI=1S/C11H23NO3S/c1-2-3-8-15-9-11(6-4-5-7-11)10-16(12,13)14/h2-10H2,1H3,(H2,12,13,14). The topological polar surface area (TPSA) is 69.4 Å². The molecule has 16 heavy (non-hydrogen) atoms. The van der Waals surface area contributed by atoms with E-state index in [9.17, 15) is 8.42 Å². The fraction of sp³-hybridized carbons (Fsp3) is 1.00. The van der Waals surface area contributed by atoms with Crippen molar-refractivity contribution in [1.29, 1.82) is 0 Å². The molecule has 96 valence electrons. The Kier molecular flexibility index (Phi) is 5.21. The van der Waals surface area contributed by atoms with Crippen LogP contribution in [0.4, 0.5) is 0 Å². The van der Waals surface area contributed by atoms with E-state index in [1.165, 1.54) is 0 Å². The molecular formula is C11H23NO3S. The third kappa shape index (κ3) is 4.80. The summed E-state index contributed by atoms with van der Waals surface area (Å²) in [6.07, 6.45) is 6.16. The van der Waals surface area contributed by atoms with Crippen molar-refractivity contribution in [1.82, 2.24) is 0 Å². The highest BCUT2D eigenvalue weighted by Gasteiger charge is 2.37. The first kappa shape index (κ1) is 13.9. The van der Waals surface area contributed by atoms with Crippen molar-refractivity contribution in [3.05, 3.63) is 0 Å². The van der Waals surface area contributed by atoms with E-state index in [4.69, 9.17) is 9.88 Å². The van der Waals surface area contributed by atoms with Gasteiger partial charge in [0.1, 0.15) is 0 Å². The summed E-state index contributed by atoms with van der Waals surface area (Å²) >= 11 is 0. The van der Waals surface area contributed by atoms with Crippen LogP contribution in [0.5, 0.6) is 0 Å². The van der Waals surface area contributed by atoms with Crippen LogP contribution >= 0.6 is 0 Å². The summed E-state index contributed by atoms with van der Waals surface area (Å²) in [4.78, 5) is 0. The molecule has 0 aromatic carbocycles. The van der Waals surface area contributed by atoms with E-state index < -0.39 is 10.0 Å². The maximum atomic E-state index is 11.2. The van der Waals surface area contributed by atoms with Crippen LogP contribution in [0, 0.1) is 5.41 Å². The largest absolute Gasteiger partial charge is 0.381 e. The number of rotatable bonds is 7. The molecule has 0 radical (unpaired) electrons. The van der Waals surface area contributed by atoms with Crippen molar-refractivity contribution in [2.45, 2.75) is 45.4 Å². The predicted octanol–water partition coefficient (Wildman–Crippen LogP) is 1.65. The summed E-state index contributed by atoms with van der Waals surface area (Å²) in [5, 5.41) is 5.15. The lowest BCUT2D eigenvalue weighted by Gasteiger charge is -2.27. The summed E-state index contributed by atoms with van der Waals surface area (Å²) in [5.74, 6) is 0.0755. The third-order valence-corrected chi connectivity index (χ3v) is 4.24. The Morgan fingerprint density at radius 2 is 1.94 bits per heavy atom. The fourth-order valence-corrected chi connectivity index (χ4v) is 3.64. The molecule has 0 unspecified atom stereocenters. The van der Waals surface area contributed by atoms with Gasteiger partial charge < -0.3 is 4.74 Å². The van der Waals surface area contributed by atoms with Gasteiger partial charge >= 0.3 is 0 Å². The summed E-state index contributed by atoms with van der Waals surface area (Å²) in [6, 6.07) is 0. The van der Waals surface area contributed by atoms with Crippen LogP contribution in [-0.4, -0.2) is 27.4 Å². The van der Waals surface area contributed by atoms with Gasteiger partial charge in [0.25, 0.3) is 0 Å². The van der Waals surface area contributed by atoms with Gasteiger partial charge in [0.05, 0.1) is 12.4 Å². The summed E-state index contributed by atoms with van der Waals surface area (Å²) in [6.45, 7) is 3.38. The van der Waals surface area contributed by atoms with E-state index in [-0.39, 0.29) is 11.2 Å². The Balaban J connectivity index is 2.46. The normalized spacial score (nSPS) is 20.1. The minimum atomic E-state index is -3.39. The number of nitrogens with two attached hydrogens (primary N) is 1. The Hall–Kier alpha value is -0.130. The molecule has 0 atom stereocenters. The van der Waals surface area contributed by atoms with Gasteiger partial charge in [0.2, 0.25) is 10.0 Å². The van der Waals surface area contributed by atoms with Gasteiger partial charge in [-0.15, -0.1) is 0 Å². The first-order valence-electron chi connectivity index (χ1n) is 6.06. The third-order valence-electron chi connectivity index (χ3n) is 3.22. The van der Waals surface area contributed by atoms with Crippen LogP contribution in [0.25, 0.3) is 0 Å². The second-order valence-corrected chi connectivity index (χ2v) is 6.53. The molecule has 0 heterocycles. The van der Waals surface area contributed by atoms with Crippen molar-refractivity contribution in [2.24, 2.45) is 10.6 Å². The van der Waals surface area contributed by atoms with Crippen LogP contribution < -0.4 is 5.14 Å². The molecule has 0 bridgehead atoms. The number of hydrogen-bond acceptors (Lipinski definition) is 3. The lowest BCUT2D eigenvalue weighted by molar-refractivity contribution is 0.0563. The van der Waals surface area contributed by atoms with Crippen molar-refractivity contribution in [3.8, 4) is 0 Å². The number of hydrogen-bond donors (Lipinski definition) is 1. The number of sulfonamides is 1. The molecule has 0 aromatic heterocycles. The average Bonchev–Trinajstić information content (AvgIpc) is 2.59. The highest BCUT2D eigenvalue weighted by Crippen LogP contribution is 2.39. The maximum Gasteiger partial charge on any atom is 0.209 e. The first-order chi connectivity index (χ1) is 7.47. The highest BCUT2D eigenvalue weighted by atomic mass is 32.2. The van der Waals surface area contributed by atoms with Crippen LogP contribution in [0.15, 0.2) is 0 Å². The Morgan fingerprint density at radius 1 is 1.31 bits per heavy atom. The summed E-state index contributed by atoms with van der Waals surface area (Å²) < 4.78 is 28.0. The van der Waals surface area contributed by atoms with Gasteiger partial charge in [0.15, 0.2) is 0 Å². The molecule has 0 spiro atoms. The maximum absolute atomic E-state index is 11.2. The summed E-state index contributed by atoms with van der Waals surface area (Å²) in [7, 11) is -3.39. The van der Waals surface area contributed by atoms with Gasteiger partial charge in [-0.25, -0.2) is 13.6 Å². The van der Waals surface area contributed by atoms with Gasteiger partial charge in [-0.2, -0.15) is 0 Å². The van der Waals surface area contributed by atoms with Gasteiger partial charge in [-0.3, -0.25) is 0 Å². The molecule has 1 saturated carbocycles. The number of ether oxygens (including phenoxy) is 1. The quantitative estimate of drug-likeness (QED) is 0.697. The van der Waals surface area contributed by atoms with Crippen LogP contribution in [-0.2, 0) is 14.8 Å². The predicted molar refractivity (Wildman–Crippen MR) is 64.6 cm³/mol. The molecule has 1 aliphatic rings. The van der Waals surface area contributed by atoms with Crippen LogP contribution in [0.2, 0.25) is 0 Å². The van der Waals surface area contributed by atoms with Crippen molar-refractivity contribution in [2.75, 3.05) is 19.0 Å². The molecule has 0 aliphatic heterocycles. The Morgan fingerprint density at radius 3 is 2.44 bits per heavy atom. The zero-order chi connectivity index (χ0) is 12.1. The van der Waals surface area contributed by atoms with Gasteiger partial charge in [0, 0.05) is 12.0 Å². The number of primary sulfonamides is 1. The Labute approximate surface area is 98.6 Å². The van der Waals surface area contributed by atoms with Crippen molar-refractivity contribution in [3.63, 3.8) is 0 Å². The van der Waals surface area contributed by atoms with Gasteiger partial charge in [-0.05, 0) is 19.3 Å². The first-order valence-corrected chi connectivity index (χ1v) is 7.77. The molecule has 1 rings (SSSR count). The number of unbranched alkanes of at least 4 members (excludes halogenated alkanes) is 1. The van der Waals surface area contributed by atoms with Crippen molar-refractivity contribution < 1.29 is 13.2 Å². The average molecular weight is 249 g/mol.